The smallest absolute Gasteiger partial charge is 0.310 e. The highest BCUT2D eigenvalue weighted by molar-refractivity contribution is 5.79. The molecule has 0 saturated carbocycles. The number of hydrogen-bond acceptors (Lipinski definition) is 5. The summed E-state index contributed by atoms with van der Waals surface area (Å²) in [6.07, 6.45) is 2.38. The lowest BCUT2D eigenvalue weighted by molar-refractivity contribution is -0.151. The Hall–Kier alpha value is -2.24. The first-order valence-electron chi connectivity index (χ1n) is 9.28. The van der Waals surface area contributed by atoms with E-state index in [9.17, 15) is 9.59 Å². The van der Waals surface area contributed by atoms with E-state index in [-0.39, 0.29) is 30.0 Å². The Labute approximate surface area is 154 Å². The van der Waals surface area contributed by atoms with E-state index in [0.29, 0.717) is 25.4 Å². The fourth-order valence-electron chi connectivity index (χ4n) is 3.59. The molecule has 0 aromatic heterocycles. The van der Waals surface area contributed by atoms with Crippen molar-refractivity contribution in [1.82, 2.24) is 4.90 Å². The predicted molar refractivity (Wildman–Crippen MR) is 96.3 cm³/mol. The highest BCUT2D eigenvalue weighted by Gasteiger charge is 2.33. The standard InChI is InChI=1S/C20H27NO5/c1-4-24-19(23)15-8-6-10-21(12-15)17(22)13-25-16-9-5-7-14-11-20(2,3)26-18(14)16/h5,7,9,15H,4,6,8,10-13H2,1-3H3/t15-/m0/s1. The molecule has 3 rings (SSSR count). The van der Waals surface area contributed by atoms with Crippen molar-refractivity contribution in [2.75, 3.05) is 26.3 Å². The van der Waals surface area contributed by atoms with E-state index in [1.165, 1.54) is 0 Å². The Morgan fingerprint density at radius 3 is 2.92 bits per heavy atom. The molecular formula is C20H27NO5. The molecule has 1 aromatic rings. The van der Waals surface area contributed by atoms with Gasteiger partial charge in [0.1, 0.15) is 5.60 Å². The molecule has 0 unspecified atom stereocenters. The molecule has 1 aromatic carbocycles. The van der Waals surface area contributed by atoms with Crippen LogP contribution in [0.5, 0.6) is 11.5 Å². The van der Waals surface area contributed by atoms with Gasteiger partial charge in [-0.25, -0.2) is 0 Å². The van der Waals surface area contributed by atoms with Gasteiger partial charge in [0, 0.05) is 25.1 Å². The number of esters is 1. The van der Waals surface area contributed by atoms with Gasteiger partial charge in [0.25, 0.3) is 5.91 Å². The van der Waals surface area contributed by atoms with Crippen LogP contribution in [-0.4, -0.2) is 48.7 Å². The van der Waals surface area contributed by atoms with Crippen molar-refractivity contribution >= 4 is 11.9 Å². The number of rotatable bonds is 5. The summed E-state index contributed by atoms with van der Waals surface area (Å²) in [5.74, 6) is 0.753. The summed E-state index contributed by atoms with van der Waals surface area (Å²) < 4.78 is 16.8. The van der Waals surface area contributed by atoms with E-state index < -0.39 is 0 Å². The molecule has 142 valence electrons. The van der Waals surface area contributed by atoms with E-state index in [2.05, 4.69) is 0 Å². The van der Waals surface area contributed by atoms with E-state index >= 15 is 0 Å². The van der Waals surface area contributed by atoms with E-state index in [0.717, 1.165) is 30.6 Å². The van der Waals surface area contributed by atoms with Crippen molar-refractivity contribution in [2.24, 2.45) is 5.92 Å². The average molecular weight is 361 g/mol. The number of carbonyl (C=O) groups excluding carboxylic acids is 2. The molecule has 26 heavy (non-hydrogen) atoms. The zero-order valence-electron chi connectivity index (χ0n) is 15.7. The van der Waals surface area contributed by atoms with Crippen LogP contribution in [0.4, 0.5) is 0 Å². The largest absolute Gasteiger partial charge is 0.483 e. The van der Waals surface area contributed by atoms with Crippen LogP contribution in [0.1, 0.15) is 39.2 Å². The second-order valence-corrected chi connectivity index (χ2v) is 7.50. The molecule has 1 atom stereocenters. The van der Waals surface area contributed by atoms with Gasteiger partial charge in [0.2, 0.25) is 0 Å². The van der Waals surface area contributed by atoms with Crippen LogP contribution in [0.3, 0.4) is 0 Å². The molecule has 1 fully saturated rings. The van der Waals surface area contributed by atoms with Crippen LogP contribution in [0.25, 0.3) is 0 Å². The third-order valence-electron chi connectivity index (χ3n) is 4.80. The van der Waals surface area contributed by atoms with E-state index in [1.54, 1.807) is 11.8 Å². The second kappa shape index (κ2) is 7.56. The van der Waals surface area contributed by atoms with Crippen LogP contribution < -0.4 is 9.47 Å². The molecule has 6 nitrogen and oxygen atoms in total. The first-order valence-corrected chi connectivity index (χ1v) is 9.28. The molecule has 0 spiro atoms. The molecule has 0 radical (unpaired) electrons. The molecule has 0 aliphatic carbocycles. The van der Waals surface area contributed by atoms with Crippen molar-refractivity contribution in [3.8, 4) is 11.5 Å². The predicted octanol–water partition coefficient (Wildman–Crippen LogP) is 2.58. The Kier molecular flexibility index (Phi) is 5.39. The summed E-state index contributed by atoms with van der Waals surface area (Å²) in [7, 11) is 0. The second-order valence-electron chi connectivity index (χ2n) is 7.50. The van der Waals surface area contributed by atoms with Gasteiger partial charge in [-0.15, -0.1) is 0 Å². The topological polar surface area (TPSA) is 65.1 Å². The lowest BCUT2D eigenvalue weighted by Gasteiger charge is -2.31. The maximum Gasteiger partial charge on any atom is 0.310 e. The summed E-state index contributed by atoms with van der Waals surface area (Å²) in [5, 5.41) is 0. The number of ether oxygens (including phenoxy) is 3. The summed E-state index contributed by atoms with van der Waals surface area (Å²) in [5.41, 5.74) is 0.839. The number of likely N-dealkylation sites (tertiary alicyclic amines) is 1. The number of nitrogens with zero attached hydrogens (tertiary/aromatic N) is 1. The fraction of sp³-hybridized carbons (Fsp3) is 0.600. The van der Waals surface area contributed by atoms with Crippen molar-refractivity contribution in [3.05, 3.63) is 23.8 Å². The number of hydrogen-bond donors (Lipinski definition) is 0. The van der Waals surface area contributed by atoms with Crippen molar-refractivity contribution in [1.29, 1.82) is 0 Å². The number of benzene rings is 1. The first kappa shape index (κ1) is 18.5. The Balaban J connectivity index is 1.58. The molecular weight excluding hydrogens is 334 g/mol. The summed E-state index contributed by atoms with van der Waals surface area (Å²) in [4.78, 5) is 26.2. The monoisotopic (exact) mass is 361 g/mol. The van der Waals surface area contributed by atoms with Crippen molar-refractivity contribution < 1.29 is 23.8 Å². The molecule has 0 bridgehead atoms. The van der Waals surface area contributed by atoms with E-state index in [1.807, 2.05) is 32.0 Å². The van der Waals surface area contributed by atoms with Gasteiger partial charge in [-0.3, -0.25) is 9.59 Å². The zero-order chi connectivity index (χ0) is 18.7. The lowest BCUT2D eigenvalue weighted by atomic mass is 9.98. The van der Waals surface area contributed by atoms with Crippen molar-refractivity contribution in [3.63, 3.8) is 0 Å². The maximum atomic E-state index is 12.5. The normalized spacial score (nSPS) is 20.9. The lowest BCUT2D eigenvalue weighted by Crippen LogP contribution is -2.44. The quantitative estimate of drug-likeness (QED) is 0.754. The van der Waals surface area contributed by atoms with Gasteiger partial charge >= 0.3 is 5.97 Å². The maximum absolute atomic E-state index is 12.5. The Morgan fingerprint density at radius 2 is 2.15 bits per heavy atom. The number of para-hydroxylation sites is 1. The van der Waals surface area contributed by atoms with Crippen LogP contribution in [-0.2, 0) is 20.7 Å². The number of fused-ring (bicyclic) bond motifs is 1. The van der Waals surface area contributed by atoms with Crippen LogP contribution >= 0.6 is 0 Å². The first-order chi connectivity index (χ1) is 12.4. The SMILES string of the molecule is CCOC(=O)[C@H]1CCCN(C(=O)COc2cccc3c2OC(C)(C)C3)C1. The van der Waals surface area contributed by atoms with Crippen molar-refractivity contribution in [2.45, 2.75) is 45.6 Å². The fourth-order valence-corrected chi connectivity index (χ4v) is 3.59. The van der Waals surface area contributed by atoms with Crippen LogP contribution in [0.2, 0.25) is 0 Å². The summed E-state index contributed by atoms with van der Waals surface area (Å²) in [6.45, 7) is 7.21. The minimum absolute atomic E-state index is 0.0597. The Bertz CT molecular complexity index is 685. The molecule has 2 aliphatic rings. The molecule has 1 amide bonds. The highest BCUT2D eigenvalue weighted by atomic mass is 16.5. The molecule has 2 aliphatic heterocycles. The summed E-state index contributed by atoms with van der Waals surface area (Å²) >= 11 is 0. The third-order valence-corrected chi connectivity index (χ3v) is 4.80. The average Bonchev–Trinajstić information content (AvgIpc) is 2.94. The number of carbonyl (C=O) groups is 2. The van der Waals surface area contributed by atoms with Gasteiger partial charge in [0.15, 0.2) is 18.1 Å². The zero-order valence-corrected chi connectivity index (χ0v) is 15.7. The van der Waals surface area contributed by atoms with Gasteiger partial charge in [-0.05, 0) is 39.7 Å². The molecule has 1 saturated heterocycles. The summed E-state index contributed by atoms with van der Waals surface area (Å²) in [6, 6.07) is 5.76. The highest BCUT2D eigenvalue weighted by Crippen LogP contribution is 2.41. The van der Waals surface area contributed by atoms with Gasteiger partial charge in [-0.1, -0.05) is 12.1 Å². The minimum Gasteiger partial charge on any atom is -0.483 e. The number of piperidine rings is 1. The molecule has 2 heterocycles. The van der Waals surface area contributed by atoms with Gasteiger partial charge in [-0.2, -0.15) is 0 Å². The van der Waals surface area contributed by atoms with E-state index in [4.69, 9.17) is 14.2 Å². The Morgan fingerprint density at radius 1 is 1.35 bits per heavy atom. The van der Waals surface area contributed by atoms with Crippen LogP contribution in [0.15, 0.2) is 18.2 Å². The van der Waals surface area contributed by atoms with Gasteiger partial charge in [0.05, 0.1) is 12.5 Å². The minimum atomic E-state index is -0.258. The number of amides is 1. The molecule has 0 N–H and O–H groups in total. The third kappa shape index (κ3) is 4.11. The molecule has 6 heteroatoms. The van der Waals surface area contributed by atoms with Gasteiger partial charge < -0.3 is 19.1 Å². The van der Waals surface area contributed by atoms with Crippen LogP contribution in [0, 0.1) is 5.92 Å².